The summed E-state index contributed by atoms with van der Waals surface area (Å²) in [5.74, 6) is 0.180. The third-order valence-corrected chi connectivity index (χ3v) is 5.63. The predicted octanol–water partition coefficient (Wildman–Crippen LogP) is 3.98. The number of carbonyl (C=O) groups is 1. The molecule has 1 fully saturated rings. The predicted molar refractivity (Wildman–Crippen MR) is 107 cm³/mol. The Labute approximate surface area is 174 Å². The first-order chi connectivity index (χ1) is 13.7. The quantitative estimate of drug-likeness (QED) is 0.519. The molecule has 154 valence electrons. The van der Waals surface area contributed by atoms with Crippen molar-refractivity contribution in [3.63, 3.8) is 0 Å². The van der Waals surface area contributed by atoms with Crippen LogP contribution in [0.15, 0.2) is 65.2 Å². The second-order valence-electron chi connectivity index (χ2n) is 6.45. The van der Waals surface area contributed by atoms with E-state index in [-0.39, 0.29) is 28.5 Å². The van der Waals surface area contributed by atoms with Crippen LogP contribution >= 0.6 is 11.6 Å². The molecule has 0 unspecified atom stereocenters. The van der Waals surface area contributed by atoms with E-state index in [1.165, 1.54) is 17.0 Å². The lowest BCUT2D eigenvalue weighted by Gasteiger charge is -2.32. The van der Waals surface area contributed by atoms with Crippen LogP contribution in [0.4, 0.5) is 4.79 Å². The van der Waals surface area contributed by atoms with Crippen LogP contribution in [0.5, 0.6) is 5.75 Å². The van der Waals surface area contributed by atoms with Crippen molar-refractivity contribution in [2.75, 3.05) is 19.7 Å². The number of halogens is 1. The molecule has 2 aromatic rings. The monoisotopic (exact) mass is 437 g/mol. The van der Waals surface area contributed by atoms with Gasteiger partial charge in [-0.1, -0.05) is 29.8 Å². The third-order valence-electron chi connectivity index (χ3n) is 4.29. The molecule has 1 saturated heterocycles. The lowest BCUT2D eigenvalue weighted by Crippen LogP contribution is -2.42. The van der Waals surface area contributed by atoms with E-state index in [9.17, 15) is 13.2 Å². The highest BCUT2D eigenvalue weighted by Crippen LogP contribution is 2.26. The van der Waals surface area contributed by atoms with Gasteiger partial charge in [0, 0.05) is 6.54 Å². The van der Waals surface area contributed by atoms with E-state index in [0.717, 1.165) is 11.1 Å². The Hall–Kier alpha value is -2.55. The van der Waals surface area contributed by atoms with E-state index in [1.807, 2.05) is 6.92 Å². The van der Waals surface area contributed by atoms with Crippen molar-refractivity contribution < 1.29 is 26.9 Å². The fraction of sp³-hybridized carbons (Fsp3) is 0.250. The number of hydrogen-bond acceptors (Lipinski definition) is 6. The lowest BCUT2D eigenvalue weighted by atomic mass is 10.1. The van der Waals surface area contributed by atoms with Gasteiger partial charge in [-0.05, 0) is 54.9 Å². The van der Waals surface area contributed by atoms with Crippen LogP contribution in [0.1, 0.15) is 17.2 Å². The van der Waals surface area contributed by atoms with Crippen molar-refractivity contribution in [1.82, 2.24) is 4.90 Å². The molecule has 1 aliphatic rings. The smallest absolute Gasteiger partial charge is 0.398 e. The molecule has 29 heavy (non-hydrogen) atoms. The van der Waals surface area contributed by atoms with Crippen molar-refractivity contribution >= 4 is 27.8 Å². The van der Waals surface area contributed by atoms with Crippen LogP contribution in [-0.4, -0.2) is 39.1 Å². The van der Waals surface area contributed by atoms with Gasteiger partial charge in [0.15, 0.2) is 5.22 Å². The molecule has 0 bridgehead atoms. The second kappa shape index (κ2) is 8.86. The number of rotatable bonds is 5. The Morgan fingerprint density at radius 2 is 1.83 bits per heavy atom. The van der Waals surface area contributed by atoms with Crippen LogP contribution in [0.3, 0.4) is 0 Å². The number of ether oxygens (including phenoxy) is 2. The first-order valence-electron chi connectivity index (χ1n) is 8.78. The number of benzene rings is 2. The van der Waals surface area contributed by atoms with Crippen LogP contribution in [0.25, 0.3) is 0 Å². The number of amides is 1. The van der Waals surface area contributed by atoms with Crippen LogP contribution < -0.4 is 4.18 Å². The average molecular weight is 438 g/mol. The van der Waals surface area contributed by atoms with Crippen molar-refractivity contribution in [1.29, 1.82) is 0 Å². The zero-order valence-electron chi connectivity index (χ0n) is 15.7. The van der Waals surface area contributed by atoms with Crippen LogP contribution in [0.2, 0.25) is 0 Å². The average Bonchev–Trinajstić information content (AvgIpc) is 2.68. The van der Waals surface area contributed by atoms with Gasteiger partial charge in [0.1, 0.15) is 16.7 Å². The molecule has 2 aromatic carbocycles. The maximum absolute atomic E-state index is 12.4. The molecule has 0 aliphatic carbocycles. The number of hydrogen-bond donors (Lipinski definition) is 0. The van der Waals surface area contributed by atoms with Gasteiger partial charge in [-0.25, -0.2) is 4.79 Å². The molecule has 9 heteroatoms. The SMILES string of the molecule is C=C(Cl)OC(=O)N1CCO[C@H](c2ccc(OS(=O)(=O)c3ccc(C)cc3)cc2)C1. The highest BCUT2D eigenvalue weighted by atomic mass is 35.5. The van der Waals surface area contributed by atoms with Crippen molar-refractivity contribution in [3.8, 4) is 5.75 Å². The number of aryl methyl sites for hydroxylation is 1. The molecular formula is C20H20ClNO6S. The molecular weight excluding hydrogens is 418 g/mol. The summed E-state index contributed by atoms with van der Waals surface area (Å²) >= 11 is 5.51. The first kappa shape index (κ1) is 21.2. The number of carbonyl (C=O) groups excluding carboxylic acids is 1. The minimum atomic E-state index is -3.92. The Bertz CT molecular complexity index is 989. The maximum Gasteiger partial charge on any atom is 0.416 e. The summed E-state index contributed by atoms with van der Waals surface area (Å²) in [6.45, 7) is 6.17. The van der Waals surface area contributed by atoms with Crippen molar-refractivity contribution in [2.45, 2.75) is 17.9 Å². The van der Waals surface area contributed by atoms with Gasteiger partial charge in [0.05, 0.1) is 13.2 Å². The fourth-order valence-electron chi connectivity index (χ4n) is 2.79. The first-order valence-corrected chi connectivity index (χ1v) is 10.6. The summed E-state index contributed by atoms with van der Waals surface area (Å²) in [4.78, 5) is 13.5. The Balaban J connectivity index is 1.67. The minimum Gasteiger partial charge on any atom is -0.398 e. The fourth-order valence-corrected chi connectivity index (χ4v) is 3.79. The molecule has 1 atom stereocenters. The molecule has 0 N–H and O–H groups in total. The van der Waals surface area contributed by atoms with Gasteiger partial charge in [-0.2, -0.15) is 8.42 Å². The van der Waals surface area contributed by atoms with Gasteiger partial charge >= 0.3 is 16.2 Å². The van der Waals surface area contributed by atoms with E-state index in [1.54, 1.807) is 36.4 Å². The normalized spacial score (nSPS) is 16.9. The molecule has 1 aliphatic heterocycles. The largest absolute Gasteiger partial charge is 0.416 e. The van der Waals surface area contributed by atoms with E-state index in [2.05, 4.69) is 6.58 Å². The maximum atomic E-state index is 12.4. The molecule has 1 amide bonds. The molecule has 1 heterocycles. The Morgan fingerprint density at radius 3 is 2.45 bits per heavy atom. The van der Waals surface area contributed by atoms with E-state index < -0.39 is 16.2 Å². The summed E-state index contributed by atoms with van der Waals surface area (Å²) in [7, 11) is -3.92. The summed E-state index contributed by atoms with van der Waals surface area (Å²) in [5.41, 5.74) is 1.72. The van der Waals surface area contributed by atoms with Gasteiger partial charge in [-0.15, -0.1) is 0 Å². The molecule has 0 saturated carbocycles. The van der Waals surface area contributed by atoms with Gasteiger partial charge in [0.25, 0.3) is 0 Å². The zero-order chi connectivity index (χ0) is 21.0. The zero-order valence-corrected chi connectivity index (χ0v) is 17.3. The van der Waals surface area contributed by atoms with E-state index in [0.29, 0.717) is 13.2 Å². The van der Waals surface area contributed by atoms with E-state index in [4.69, 9.17) is 25.3 Å². The van der Waals surface area contributed by atoms with E-state index >= 15 is 0 Å². The molecule has 7 nitrogen and oxygen atoms in total. The summed E-state index contributed by atoms with van der Waals surface area (Å²) in [5, 5.41) is -0.200. The Kier molecular flexibility index (Phi) is 6.46. The third kappa shape index (κ3) is 5.50. The number of nitrogens with zero attached hydrogens (tertiary/aromatic N) is 1. The molecule has 0 aromatic heterocycles. The second-order valence-corrected chi connectivity index (χ2v) is 8.42. The van der Waals surface area contributed by atoms with Crippen LogP contribution in [-0.2, 0) is 19.6 Å². The van der Waals surface area contributed by atoms with Gasteiger partial charge in [0.2, 0.25) is 0 Å². The van der Waals surface area contributed by atoms with Crippen molar-refractivity contribution in [3.05, 3.63) is 71.5 Å². The summed E-state index contributed by atoms with van der Waals surface area (Å²) in [6.07, 6.45) is -0.981. The van der Waals surface area contributed by atoms with Gasteiger partial charge in [-0.3, -0.25) is 0 Å². The van der Waals surface area contributed by atoms with Gasteiger partial charge < -0.3 is 18.6 Å². The highest BCUT2D eigenvalue weighted by Gasteiger charge is 2.27. The topological polar surface area (TPSA) is 82.1 Å². The highest BCUT2D eigenvalue weighted by molar-refractivity contribution is 7.87. The molecule has 3 rings (SSSR count). The summed E-state index contributed by atoms with van der Waals surface area (Å²) < 4.78 is 40.5. The minimum absolute atomic E-state index is 0.0813. The molecule has 0 spiro atoms. The van der Waals surface area contributed by atoms with Crippen LogP contribution in [0, 0.1) is 6.92 Å². The lowest BCUT2D eigenvalue weighted by molar-refractivity contribution is -0.0243. The standard InChI is InChI=1S/C20H20ClNO6S/c1-14-3-9-18(10-4-14)29(24,25)28-17-7-5-16(6-8-17)19-13-22(11-12-26-19)20(23)27-15(2)21/h3-10,19H,2,11-13H2,1H3/t19-/m0/s1. The number of morpholine rings is 1. The Morgan fingerprint density at radius 1 is 1.17 bits per heavy atom. The summed E-state index contributed by atoms with van der Waals surface area (Å²) in [6, 6.07) is 12.9. The molecule has 0 radical (unpaired) electrons. The van der Waals surface area contributed by atoms with Crippen molar-refractivity contribution in [2.24, 2.45) is 0 Å².